The van der Waals surface area contributed by atoms with E-state index in [9.17, 15) is 23.8 Å². The average Bonchev–Trinajstić information content (AvgIpc) is 2.50. The molecule has 0 aliphatic heterocycles. The first-order valence-corrected chi connectivity index (χ1v) is 9.99. The van der Waals surface area contributed by atoms with Gasteiger partial charge in [0, 0.05) is 18.4 Å². The van der Waals surface area contributed by atoms with Crippen molar-refractivity contribution in [1.29, 1.82) is 0 Å². The highest BCUT2D eigenvalue weighted by Gasteiger charge is 2.28. The summed E-state index contributed by atoms with van der Waals surface area (Å²) >= 11 is 6.05. The summed E-state index contributed by atoms with van der Waals surface area (Å²) in [4.78, 5) is 5.07. The highest BCUT2D eigenvalue weighted by atomic mass is 35.5. The van der Waals surface area contributed by atoms with Gasteiger partial charge in [0.2, 0.25) is 0 Å². The van der Waals surface area contributed by atoms with Gasteiger partial charge in [-0.3, -0.25) is 0 Å². The van der Waals surface area contributed by atoms with Gasteiger partial charge in [-0.05, 0) is 32.9 Å². The Morgan fingerprint density at radius 2 is 1.89 bits per heavy atom. The van der Waals surface area contributed by atoms with Crippen LogP contribution in [0.4, 0.5) is 0 Å². The summed E-state index contributed by atoms with van der Waals surface area (Å²) in [5.41, 5.74) is -1.32. The summed E-state index contributed by atoms with van der Waals surface area (Å²) < 4.78 is 23.9. The zero-order chi connectivity index (χ0) is 20.6. The highest BCUT2D eigenvalue weighted by molar-refractivity contribution is 7.90. The molecule has 0 spiro atoms. The molecule has 0 atom stereocenters. The van der Waals surface area contributed by atoms with Crippen molar-refractivity contribution in [2.45, 2.75) is 31.3 Å². The van der Waals surface area contributed by atoms with E-state index >= 15 is 0 Å². The Balaban J connectivity index is 2.78. The normalized spacial score (nSPS) is 12.9. The van der Waals surface area contributed by atoms with E-state index in [0.29, 0.717) is 4.73 Å². The monoisotopic (exact) mass is 414 g/mol. The predicted octanol–water partition coefficient (Wildman–Crippen LogP) is 2.36. The predicted molar refractivity (Wildman–Crippen MR) is 99.8 cm³/mol. The molecule has 2 aromatic rings. The van der Waals surface area contributed by atoms with Crippen LogP contribution in [0.15, 0.2) is 40.5 Å². The van der Waals surface area contributed by atoms with Gasteiger partial charge in [0.25, 0.3) is 5.69 Å². The third-order valence-electron chi connectivity index (χ3n) is 3.28. The van der Waals surface area contributed by atoms with Crippen molar-refractivity contribution in [3.8, 4) is 11.5 Å². The second kappa shape index (κ2) is 7.24. The van der Waals surface area contributed by atoms with Crippen LogP contribution in [0.25, 0.3) is 0 Å². The lowest BCUT2D eigenvalue weighted by Crippen LogP contribution is -2.35. The number of pyridine rings is 1. The topological polar surface area (TPSA) is 123 Å². The van der Waals surface area contributed by atoms with Gasteiger partial charge in [0.1, 0.15) is 11.4 Å². The Bertz CT molecular complexity index is 993. The number of halogens is 1. The Hall–Kier alpha value is -2.52. The second-order valence-corrected chi connectivity index (χ2v) is 9.17. The Labute approximate surface area is 161 Å². The maximum absolute atomic E-state index is 12.2. The zero-order valence-corrected chi connectivity index (χ0v) is 16.7. The van der Waals surface area contributed by atoms with Crippen molar-refractivity contribution in [1.82, 2.24) is 0 Å². The lowest BCUT2D eigenvalue weighted by atomic mass is 10.0. The summed E-state index contributed by atoms with van der Waals surface area (Å²) in [6.45, 7) is 5.14. The van der Waals surface area contributed by atoms with Crippen LogP contribution in [0, 0.1) is 5.21 Å². The van der Waals surface area contributed by atoms with Gasteiger partial charge in [-0.25, -0.2) is 8.42 Å². The molecule has 1 heterocycles. The molecular formula is C17H19ClN2O6S. The fraction of sp³-hybridized carbons (Fsp3) is 0.294. The molecule has 0 saturated carbocycles. The number of phenols is 1. The Morgan fingerprint density at radius 1 is 1.26 bits per heavy atom. The number of hydrogen-bond acceptors (Lipinski definition) is 7. The quantitative estimate of drug-likeness (QED) is 0.342. The van der Waals surface area contributed by atoms with Crippen LogP contribution in [0.5, 0.6) is 11.5 Å². The maximum atomic E-state index is 12.2. The molecule has 2 rings (SSSR count). The molecule has 8 nitrogen and oxygen atoms in total. The molecule has 2 N–H and O–H groups in total. The zero-order valence-electron chi connectivity index (χ0n) is 15.1. The number of oxime groups is 1. The third kappa shape index (κ3) is 4.81. The van der Waals surface area contributed by atoms with Crippen molar-refractivity contribution in [3.05, 3.63) is 51.9 Å². The van der Waals surface area contributed by atoms with Gasteiger partial charge in [-0.1, -0.05) is 16.8 Å². The number of rotatable bonds is 4. The molecule has 0 bridgehead atoms. The molecule has 0 aliphatic rings. The van der Waals surface area contributed by atoms with Gasteiger partial charge >= 0.3 is 0 Å². The summed E-state index contributed by atoms with van der Waals surface area (Å²) in [5.74, 6) is -0.911. The van der Waals surface area contributed by atoms with Crippen molar-refractivity contribution in [3.63, 3.8) is 0 Å². The number of benzene rings is 1. The molecule has 27 heavy (non-hydrogen) atoms. The Morgan fingerprint density at radius 3 is 2.41 bits per heavy atom. The molecular weight excluding hydrogens is 396 g/mol. The van der Waals surface area contributed by atoms with E-state index in [0.717, 1.165) is 24.6 Å². The summed E-state index contributed by atoms with van der Waals surface area (Å²) in [6, 6.07) is 4.69. The van der Waals surface area contributed by atoms with Crippen LogP contribution in [-0.2, 0) is 14.7 Å². The fourth-order valence-electron chi connectivity index (χ4n) is 2.12. The summed E-state index contributed by atoms with van der Waals surface area (Å²) in [6.07, 6.45) is 2.07. The van der Waals surface area contributed by atoms with Crippen LogP contribution in [-0.4, -0.2) is 36.2 Å². The highest BCUT2D eigenvalue weighted by Crippen LogP contribution is 2.32. The van der Waals surface area contributed by atoms with E-state index in [1.807, 2.05) is 0 Å². The molecule has 146 valence electrons. The van der Waals surface area contributed by atoms with Crippen LogP contribution in [0.2, 0.25) is 5.02 Å². The first-order chi connectivity index (χ1) is 12.3. The number of nitrogens with zero attached hydrogens (tertiary/aromatic N) is 2. The van der Waals surface area contributed by atoms with E-state index in [-0.39, 0.29) is 26.9 Å². The van der Waals surface area contributed by atoms with E-state index in [4.69, 9.17) is 16.4 Å². The van der Waals surface area contributed by atoms with Gasteiger partial charge in [0.15, 0.2) is 27.5 Å². The van der Waals surface area contributed by atoms with E-state index in [1.165, 1.54) is 12.1 Å². The molecule has 0 amide bonds. The van der Waals surface area contributed by atoms with Crippen molar-refractivity contribution in [2.24, 2.45) is 5.16 Å². The second-order valence-electron chi connectivity index (χ2n) is 6.78. The minimum atomic E-state index is -3.69. The average molecular weight is 415 g/mol. The molecule has 0 radical (unpaired) electrons. The molecule has 0 saturated heterocycles. The first-order valence-electron chi connectivity index (χ1n) is 7.72. The van der Waals surface area contributed by atoms with E-state index in [2.05, 4.69) is 5.16 Å². The molecule has 1 aromatic carbocycles. The lowest BCUT2D eigenvalue weighted by Gasteiger charge is -2.18. The van der Waals surface area contributed by atoms with E-state index in [1.54, 1.807) is 20.8 Å². The molecule has 1 aromatic heterocycles. The minimum absolute atomic E-state index is 0.0808. The Kier molecular flexibility index (Phi) is 5.58. The number of hydrogen-bond donors (Lipinski definition) is 2. The summed E-state index contributed by atoms with van der Waals surface area (Å²) in [7, 11) is -3.69. The number of aromatic nitrogens is 1. The van der Waals surface area contributed by atoms with Crippen LogP contribution < -0.4 is 4.73 Å². The van der Waals surface area contributed by atoms with Crippen molar-refractivity contribution < 1.29 is 28.2 Å². The van der Waals surface area contributed by atoms with Gasteiger partial charge in [0.05, 0.1) is 15.5 Å². The third-order valence-corrected chi connectivity index (χ3v) is 4.84. The largest absolute Gasteiger partial charge is 0.618 e. The van der Waals surface area contributed by atoms with Crippen molar-refractivity contribution >= 4 is 27.1 Å². The fourth-order valence-corrected chi connectivity index (χ4v) is 3.45. The van der Waals surface area contributed by atoms with Crippen LogP contribution in [0.3, 0.4) is 0 Å². The SMILES string of the molecule is CC(C)(C)O/N=C(/c1cc(Cl)c(S(C)(=O)=O)cc1O)c1c(O)ccc[n+]1[O-]. The van der Waals surface area contributed by atoms with E-state index < -0.39 is 26.9 Å². The number of sulfone groups is 1. The molecule has 0 aliphatic carbocycles. The lowest BCUT2D eigenvalue weighted by molar-refractivity contribution is -0.607. The summed E-state index contributed by atoms with van der Waals surface area (Å²) in [5, 5.41) is 36.4. The van der Waals surface area contributed by atoms with Gasteiger partial charge in [-0.2, -0.15) is 4.73 Å². The molecule has 10 heteroatoms. The van der Waals surface area contributed by atoms with Crippen LogP contribution in [0.1, 0.15) is 32.0 Å². The number of aromatic hydroxyl groups is 2. The maximum Gasteiger partial charge on any atom is 0.288 e. The van der Waals surface area contributed by atoms with Gasteiger partial charge in [-0.15, -0.1) is 0 Å². The number of phenolic OH excluding ortho intramolecular Hbond substituents is 1. The molecule has 0 unspecified atom stereocenters. The standard InChI is InChI=1S/C17H19ClN2O6S/c1-17(2,3)26-19-15(16-12(21)6-5-7-20(16)23)10-8-11(18)14(9-13(10)22)27(4,24)25/h5-9,21-22H,1-4H3/b19-15-. The van der Waals surface area contributed by atoms with Gasteiger partial charge < -0.3 is 20.3 Å². The first kappa shape index (κ1) is 20.8. The van der Waals surface area contributed by atoms with Crippen LogP contribution >= 0.6 is 11.6 Å². The van der Waals surface area contributed by atoms with Crippen molar-refractivity contribution in [2.75, 3.05) is 6.26 Å². The smallest absolute Gasteiger partial charge is 0.288 e. The minimum Gasteiger partial charge on any atom is -0.618 e. The molecule has 0 fully saturated rings.